The molecule has 178 valence electrons. The molecule has 2 aliphatic heterocycles. The molecular formula is C21H31N3O6S2. The second-order valence-corrected chi connectivity index (χ2v) is 12.8. The molecule has 4 rings (SSSR count). The minimum Gasteiger partial charge on any atom is -0.494 e. The van der Waals surface area contributed by atoms with Crippen molar-refractivity contribution in [3.63, 3.8) is 0 Å². The summed E-state index contributed by atoms with van der Waals surface area (Å²) in [5.41, 5.74) is 0. The molecule has 1 amide bonds. The number of carbonyl (C=O) groups excluding carboxylic acids is 1. The molecule has 1 aromatic carbocycles. The van der Waals surface area contributed by atoms with Crippen LogP contribution in [0, 0.1) is 0 Å². The number of ether oxygens (including phenoxy) is 1. The molecule has 32 heavy (non-hydrogen) atoms. The molecule has 9 nitrogen and oxygen atoms in total. The first-order valence-corrected chi connectivity index (χ1v) is 14.4. The largest absolute Gasteiger partial charge is 0.494 e. The van der Waals surface area contributed by atoms with E-state index in [2.05, 4.69) is 0 Å². The zero-order chi connectivity index (χ0) is 22.9. The number of sulfone groups is 1. The summed E-state index contributed by atoms with van der Waals surface area (Å²) in [6, 6.07) is 6.35. The van der Waals surface area contributed by atoms with Crippen LogP contribution in [0.2, 0.25) is 0 Å². The molecule has 1 aromatic rings. The maximum Gasteiger partial charge on any atom is 0.243 e. The van der Waals surface area contributed by atoms with Gasteiger partial charge in [-0.15, -0.1) is 0 Å². The third-order valence-corrected chi connectivity index (χ3v) is 9.96. The van der Waals surface area contributed by atoms with Gasteiger partial charge >= 0.3 is 0 Å². The lowest BCUT2D eigenvalue weighted by molar-refractivity contribution is -0.135. The highest BCUT2D eigenvalue weighted by Crippen LogP contribution is 2.32. The summed E-state index contributed by atoms with van der Waals surface area (Å²) in [6.45, 7) is 4.13. The van der Waals surface area contributed by atoms with E-state index < -0.39 is 19.9 Å². The van der Waals surface area contributed by atoms with Crippen molar-refractivity contribution in [2.75, 3.05) is 50.8 Å². The van der Waals surface area contributed by atoms with Gasteiger partial charge in [0.25, 0.3) is 0 Å². The number of carbonyl (C=O) groups is 1. The van der Waals surface area contributed by atoms with Gasteiger partial charge in [-0.1, -0.05) is 0 Å². The fourth-order valence-corrected chi connectivity index (χ4v) is 7.61. The van der Waals surface area contributed by atoms with E-state index in [9.17, 15) is 21.6 Å². The van der Waals surface area contributed by atoms with Gasteiger partial charge in [0.15, 0.2) is 9.84 Å². The summed E-state index contributed by atoms with van der Waals surface area (Å²) in [6.07, 6.45) is 2.37. The lowest BCUT2D eigenvalue weighted by Gasteiger charge is -2.36. The second kappa shape index (κ2) is 9.28. The Morgan fingerprint density at radius 3 is 2.25 bits per heavy atom. The van der Waals surface area contributed by atoms with Crippen molar-refractivity contribution in [1.82, 2.24) is 14.1 Å². The fraction of sp³-hybridized carbons (Fsp3) is 0.667. The standard InChI is InChI=1S/C21H31N3O6S2/c1-2-30-19-5-7-20(8-6-19)32(28,29)23-12-10-22(11-13-23)15-21(25)24(17-3-4-17)18-9-14-31(26,27)16-18/h5-8,17-18H,2-4,9-16H2,1H3. The van der Waals surface area contributed by atoms with Crippen LogP contribution < -0.4 is 4.74 Å². The van der Waals surface area contributed by atoms with E-state index in [4.69, 9.17) is 4.74 Å². The average Bonchev–Trinajstić information content (AvgIpc) is 3.51. The van der Waals surface area contributed by atoms with Crippen LogP contribution >= 0.6 is 0 Å². The molecular weight excluding hydrogens is 454 g/mol. The van der Waals surface area contributed by atoms with Crippen LogP contribution in [0.15, 0.2) is 29.2 Å². The number of nitrogens with zero attached hydrogens (tertiary/aromatic N) is 3. The second-order valence-electron chi connectivity index (χ2n) is 8.67. The maximum atomic E-state index is 13.0. The van der Waals surface area contributed by atoms with Crippen LogP contribution in [0.3, 0.4) is 0 Å². The first-order chi connectivity index (χ1) is 15.2. The number of sulfonamides is 1. The lowest BCUT2D eigenvalue weighted by atomic mass is 10.2. The molecule has 2 heterocycles. The molecule has 11 heteroatoms. The molecule has 0 bridgehead atoms. The normalized spacial score (nSPS) is 24.3. The molecule has 0 N–H and O–H groups in total. The summed E-state index contributed by atoms with van der Waals surface area (Å²) in [4.78, 5) is 17.0. The highest BCUT2D eigenvalue weighted by molar-refractivity contribution is 7.91. The summed E-state index contributed by atoms with van der Waals surface area (Å²) in [5.74, 6) is 0.794. The number of amides is 1. The van der Waals surface area contributed by atoms with Crippen molar-refractivity contribution in [1.29, 1.82) is 0 Å². The summed E-state index contributed by atoms with van der Waals surface area (Å²) >= 11 is 0. The number of hydrogen-bond donors (Lipinski definition) is 0. The monoisotopic (exact) mass is 485 g/mol. The highest BCUT2D eigenvalue weighted by atomic mass is 32.2. The van der Waals surface area contributed by atoms with Gasteiger partial charge in [-0.3, -0.25) is 9.69 Å². The van der Waals surface area contributed by atoms with E-state index in [0.717, 1.165) is 12.8 Å². The minimum atomic E-state index is -3.60. The topological polar surface area (TPSA) is 104 Å². The molecule has 0 spiro atoms. The van der Waals surface area contributed by atoms with E-state index in [1.54, 1.807) is 29.2 Å². The number of benzene rings is 1. The Kier molecular flexibility index (Phi) is 6.81. The van der Waals surface area contributed by atoms with Crippen molar-refractivity contribution in [2.45, 2.75) is 43.2 Å². The SMILES string of the molecule is CCOc1ccc(S(=O)(=O)N2CCN(CC(=O)N(C3CC3)C3CCS(=O)(=O)C3)CC2)cc1. The third kappa shape index (κ3) is 5.27. The molecule has 0 radical (unpaired) electrons. The van der Waals surface area contributed by atoms with Gasteiger partial charge in [0.1, 0.15) is 5.75 Å². The van der Waals surface area contributed by atoms with Crippen molar-refractivity contribution < 1.29 is 26.4 Å². The van der Waals surface area contributed by atoms with Gasteiger partial charge in [-0.2, -0.15) is 4.31 Å². The molecule has 0 aromatic heterocycles. The Hall–Kier alpha value is -1.69. The smallest absolute Gasteiger partial charge is 0.243 e. The predicted molar refractivity (Wildman–Crippen MR) is 120 cm³/mol. The number of hydrogen-bond acceptors (Lipinski definition) is 7. The van der Waals surface area contributed by atoms with Gasteiger partial charge < -0.3 is 9.64 Å². The molecule has 3 aliphatic rings. The number of rotatable bonds is 8. The van der Waals surface area contributed by atoms with Crippen LogP contribution in [0.5, 0.6) is 5.75 Å². The quantitative estimate of drug-likeness (QED) is 0.530. The highest BCUT2D eigenvalue weighted by Gasteiger charge is 2.42. The van der Waals surface area contributed by atoms with Crippen LogP contribution in [0.1, 0.15) is 26.2 Å². The van der Waals surface area contributed by atoms with Gasteiger partial charge in [-0.25, -0.2) is 16.8 Å². The van der Waals surface area contributed by atoms with Crippen LogP contribution in [-0.2, 0) is 24.7 Å². The molecule has 1 aliphatic carbocycles. The first-order valence-electron chi connectivity index (χ1n) is 11.2. The van der Waals surface area contributed by atoms with E-state index in [1.165, 1.54) is 4.31 Å². The lowest BCUT2D eigenvalue weighted by Crippen LogP contribution is -2.53. The minimum absolute atomic E-state index is 0.0441. The van der Waals surface area contributed by atoms with Gasteiger partial charge in [0.05, 0.1) is 29.6 Å². The van der Waals surface area contributed by atoms with E-state index in [0.29, 0.717) is 45.0 Å². The van der Waals surface area contributed by atoms with E-state index >= 15 is 0 Å². The predicted octanol–water partition coefficient (Wildman–Crippen LogP) is 0.570. The Balaban J connectivity index is 1.33. The van der Waals surface area contributed by atoms with Crippen LogP contribution in [-0.4, -0.2) is 99.8 Å². The zero-order valence-corrected chi connectivity index (χ0v) is 20.0. The molecule has 3 fully saturated rings. The summed E-state index contributed by atoms with van der Waals surface area (Å²) in [5, 5.41) is 0. The Morgan fingerprint density at radius 2 is 1.72 bits per heavy atom. The number of piperazine rings is 1. The third-order valence-electron chi connectivity index (χ3n) is 6.29. The molecule has 1 atom stereocenters. The maximum absolute atomic E-state index is 13.0. The van der Waals surface area contributed by atoms with Crippen molar-refractivity contribution in [3.05, 3.63) is 24.3 Å². The Labute approximate surface area is 190 Å². The molecule has 2 saturated heterocycles. The zero-order valence-electron chi connectivity index (χ0n) is 18.3. The van der Waals surface area contributed by atoms with Gasteiger partial charge in [0.2, 0.25) is 15.9 Å². The average molecular weight is 486 g/mol. The molecule has 1 saturated carbocycles. The summed E-state index contributed by atoms with van der Waals surface area (Å²) < 4.78 is 56.5. The van der Waals surface area contributed by atoms with E-state index in [1.807, 2.05) is 11.8 Å². The summed E-state index contributed by atoms with van der Waals surface area (Å²) in [7, 11) is -6.66. The van der Waals surface area contributed by atoms with Gasteiger partial charge in [0, 0.05) is 38.3 Å². The molecule has 1 unspecified atom stereocenters. The van der Waals surface area contributed by atoms with Crippen molar-refractivity contribution in [3.8, 4) is 5.75 Å². The fourth-order valence-electron chi connectivity index (χ4n) is 4.48. The Bertz CT molecular complexity index is 1030. The van der Waals surface area contributed by atoms with Crippen molar-refractivity contribution >= 4 is 25.8 Å². The van der Waals surface area contributed by atoms with Crippen molar-refractivity contribution in [2.24, 2.45) is 0 Å². The van der Waals surface area contributed by atoms with Gasteiger partial charge in [-0.05, 0) is 50.5 Å². The first kappa shape index (κ1) is 23.5. The van der Waals surface area contributed by atoms with E-state index in [-0.39, 0.29) is 40.9 Å². The van der Waals surface area contributed by atoms with Crippen LogP contribution in [0.4, 0.5) is 0 Å². The van der Waals surface area contributed by atoms with Crippen LogP contribution in [0.25, 0.3) is 0 Å². The Morgan fingerprint density at radius 1 is 1.06 bits per heavy atom.